The second-order valence-electron chi connectivity index (χ2n) is 5.44. The van der Waals surface area contributed by atoms with E-state index in [1.807, 2.05) is 11.3 Å². The smallest absolute Gasteiger partial charge is 0.0328 e. The van der Waals surface area contributed by atoms with Crippen LogP contribution in [0.1, 0.15) is 44.4 Å². The van der Waals surface area contributed by atoms with E-state index in [1.165, 1.54) is 43.6 Å². The average Bonchev–Trinajstić information content (AvgIpc) is 3.01. The topological polar surface area (TPSA) is 15.3 Å². The van der Waals surface area contributed by atoms with Gasteiger partial charge < -0.3 is 5.32 Å². The molecule has 0 radical (unpaired) electrons. The predicted octanol–water partition coefficient (Wildman–Crippen LogP) is 3.49. The lowest BCUT2D eigenvalue weighted by Crippen LogP contribution is -2.49. The minimum absolute atomic E-state index is 0.391. The highest BCUT2D eigenvalue weighted by Gasteiger charge is 2.33. The molecule has 1 aromatic heterocycles. The molecule has 1 aliphatic heterocycles. The van der Waals surface area contributed by atoms with E-state index in [9.17, 15) is 0 Å². The summed E-state index contributed by atoms with van der Waals surface area (Å²) in [6, 6.07) is 4.41. The molecule has 2 rings (SSSR count). The van der Waals surface area contributed by atoms with Crippen molar-refractivity contribution < 1.29 is 0 Å². The van der Waals surface area contributed by atoms with Gasteiger partial charge >= 0.3 is 0 Å². The maximum Gasteiger partial charge on any atom is 0.0328 e. The van der Waals surface area contributed by atoms with Crippen LogP contribution in [0.5, 0.6) is 0 Å². The molecular formula is C15H26N2S. The van der Waals surface area contributed by atoms with E-state index in [1.54, 1.807) is 0 Å². The van der Waals surface area contributed by atoms with Crippen LogP contribution in [0.15, 0.2) is 17.5 Å². The Balaban J connectivity index is 1.95. The van der Waals surface area contributed by atoms with Gasteiger partial charge in [-0.2, -0.15) is 0 Å². The second-order valence-corrected chi connectivity index (χ2v) is 6.48. The van der Waals surface area contributed by atoms with Crippen LogP contribution >= 0.6 is 11.3 Å². The van der Waals surface area contributed by atoms with E-state index in [-0.39, 0.29) is 0 Å². The van der Waals surface area contributed by atoms with Gasteiger partial charge in [0.2, 0.25) is 0 Å². The van der Waals surface area contributed by atoms with Gasteiger partial charge in [-0.15, -0.1) is 11.3 Å². The molecule has 0 aromatic carbocycles. The van der Waals surface area contributed by atoms with Crippen LogP contribution in [-0.4, -0.2) is 30.1 Å². The molecule has 1 fully saturated rings. The SMILES string of the molecule is CCCC1(CN(CC)Cc2cccs2)CCCN1. The van der Waals surface area contributed by atoms with E-state index in [4.69, 9.17) is 0 Å². The van der Waals surface area contributed by atoms with Crippen molar-refractivity contribution >= 4 is 11.3 Å². The molecule has 0 aliphatic carbocycles. The molecule has 1 unspecified atom stereocenters. The summed E-state index contributed by atoms with van der Waals surface area (Å²) in [5, 5.41) is 5.96. The Kier molecular flexibility index (Phi) is 5.22. The van der Waals surface area contributed by atoms with E-state index in [0.29, 0.717) is 5.54 Å². The lowest BCUT2D eigenvalue weighted by atomic mass is 9.91. The number of rotatable bonds is 7. The van der Waals surface area contributed by atoms with Crippen molar-refractivity contribution in [2.24, 2.45) is 0 Å². The summed E-state index contributed by atoms with van der Waals surface area (Å²) in [6.45, 7) is 9.25. The Bertz CT molecular complexity index is 328. The van der Waals surface area contributed by atoms with E-state index >= 15 is 0 Å². The van der Waals surface area contributed by atoms with Gasteiger partial charge in [-0.25, -0.2) is 0 Å². The molecule has 0 spiro atoms. The Morgan fingerprint density at radius 3 is 2.89 bits per heavy atom. The Hall–Kier alpha value is -0.380. The Morgan fingerprint density at radius 1 is 1.44 bits per heavy atom. The summed E-state index contributed by atoms with van der Waals surface area (Å²) in [5.41, 5.74) is 0.391. The summed E-state index contributed by atoms with van der Waals surface area (Å²) >= 11 is 1.87. The number of likely N-dealkylation sites (N-methyl/N-ethyl adjacent to an activating group) is 1. The molecule has 3 heteroatoms. The zero-order valence-electron chi connectivity index (χ0n) is 11.7. The van der Waals surface area contributed by atoms with Gasteiger partial charge in [-0.1, -0.05) is 26.3 Å². The van der Waals surface area contributed by atoms with Crippen LogP contribution in [0, 0.1) is 0 Å². The van der Waals surface area contributed by atoms with Crippen molar-refractivity contribution in [1.29, 1.82) is 0 Å². The van der Waals surface area contributed by atoms with Crippen LogP contribution in [-0.2, 0) is 6.54 Å². The number of hydrogen-bond acceptors (Lipinski definition) is 3. The number of nitrogens with zero attached hydrogens (tertiary/aromatic N) is 1. The predicted molar refractivity (Wildman–Crippen MR) is 80.1 cm³/mol. The standard InChI is InChI=1S/C15H26N2S/c1-3-8-15(9-6-10-16-15)13-17(4-2)12-14-7-5-11-18-14/h5,7,11,16H,3-4,6,8-10,12-13H2,1-2H3. The lowest BCUT2D eigenvalue weighted by Gasteiger charge is -2.35. The molecule has 2 nitrogen and oxygen atoms in total. The highest BCUT2D eigenvalue weighted by molar-refractivity contribution is 7.09. The van der Waals surface area contributed by atoms with Gasteiger partial charge in [-0.05, 0) is 43.8 Å². The molecule has 0 saturated carbocycles. The fourth-order valence-corrected chi connectivity index (χ4v) is 3.85. The maximum atomic E-state index is 3.78. The second kappa shape index (κ2) is 6.69. The first-order chi connectivity index (χ1) is 8.78. The molecule has 1 N–H and O–H groups in total. The normalized spacial score (nSPS) is 23.9. The monoisotopic (exact) mass is 266 g/mol. The van der Waals surface area contributed by atoms with Gasteiger partial charge in [0.05, 0.1) is 0 Å². The number of nitrogens with one attached hydrogen (secondary N) is 1. The third-order valence-corrected chi connectivity index (χ3v) is 4.85. The van der Waals surface area contributed by atoms with E-state index in [2.05, 4.69) is 41.6 Å². The summed E-state index contributed by atoms with van der Waals surface area (Å²) in [4.78, 5) is 4.08. The highest BCUT2D eigenvalue weighted by Crippen LogP contribution is 2.26. The summed E-state index contributed by atoms with van der Waals surface area (Å²) in [5.74, 6) is 0. The van der Waals surface area contributed by atoms with Gasteiger partial charge in [0.15, 0.2) is 0 Å². The first-order valence-electron chi connectivity index (χ1n) is 7.28. The van der Waals surface area contributed by atoms with Crippen LogP contribution in [0.3, 0.4) is 0 Å². The van der Waals surface area contributed by atoms with Gasteiger partial charge in [0.1, 0.15) is 0 Å². The first-order valence-corrected chi connectivity index (χ1v) is 8.16. The molecular weight excluding hydrogens is 240 g/mol. The largest absolute Gasteiger partial charge is 0.310 e. The quantitative estimate of drug-likeness (QED) is 0.812. The minimum Gasteiger partial charge on any atom is -0.310 e. The third-order valence-electron chi connectivity index (χ3n) is 3.99. The zero-order valence-corrected chi connectivity index (χ0v) is 12.6. The molecule has 0 bridgehead atoms. The number of hydrogen-bond donors (Lipinski definition) is 1. The van der Waals surface area contributed by atoms with Crippen LogP contribution in [0.25, 0.3) is 0 Å². The fraction of sp³-hybridized carbons (Fsp3) is 0.733. The van der Waals surface area contributed by atoms with Gasteiger partial charge in [0.25, 0.3) is 0 Å². The van der Waals surface area contributed by atoms with Crippen molar-refractivity contribution in [1.82, 2.24) is 10.2 Å². The first kappa shape index (κ1) is 14.0. The molecule has 102 valence electrons. The lowest BCUT2D eigenvalue weighted by molar-refractivity contribution is 0.184. The van der Waals surface area contributed by atoms with Crippen molar-refractivity contribution in [2.45, 2.75) is 51.6 Å². The summed E-state index contributed by atoms with van der Waals surface area (Å²) in [6.07, 6.45) is 5.29. The van der Waals surface area contributed by atoms with Crippen molar-refractivity contribution in [3.05, 3.63) is 22.4 Å². The molecule has 1 saturated heterocycles. The van der Waals surface area contributed by atoms with Gasteiger partial charge in [0, 0.05) is 23.5 Å². The minimum atomic E-state index is 0.391. The van der Waals surface area contributed by atoms with Crippen molar-refractivity contribution in [2.75, 3.05) is 19.6 Å². The van der Waals surface area contributed by atoms with E-state index in [0.717, 1.165) is 13.1 Å². The Morgan fingerprint density at radius 2 is 2.33 bits per heavy atom. The maximum absolute atomic E-state index is 3.78. The molecule has 0 amide bonds. The molecule has 1 aliphatic rings. The van der Waals surface area contributed by atoms with Crippen LogP contribution in [0.2, 0.25) is 0 Å². The summed E-state index contributed by atoms with van der Waals surface area (Å²) < 4.78 is 0. The van der Waals surface area contributed by atoms with Gasteiger partial charge in [-0.3, -0.25) is 4.90 Å². The third kappa shape index (κ3) is 3.56. The highest BCUT2D eigenvalue weighted by atomic mass is 32.1. The molecule has 18 heavy (non-hydrogen) atoms. The van der Waals surface area contributed by atoms with Crippen molar-refractivity contribution in [3.8, 4) is 0 Å². The Labute approximate surface area is 115 Å². The summed E-state index contributed by atoms with van der Waals surface area (Å²) in [7, 11) is 0. The molecule has 1 atom stereocenters. The van der Waals surface area contributed by atoms with Crippen LogP contribution in [0.4, 0.5) is 0 Å². The average molecular weight is 266 g/mol. The zero-order chi connectivity index (χ0) is 12.8. The molecule has 2 heterocycles. The van der Waals surface area contributed by atoms with Crippen molar-refractivity contribution in [3.63, 3.8) is 0 Å². The van der Waals surface area contributed by atoms with E-state index < -0.39 is 0 Å². The molecule has 1 aromatic rings. The number of thiophene rings is 1. The fourth-order valence-electron chi connectivity index (χ4n) is 3.11. The van der Waals surface area contributed by atoms with Crippen LogP contribution < -0.4 is 5.32 Å².